The number of para-hydroxylation sites is 1. The van der Waals surface area contributed by atoms with Gasteiger partial charge in [0.1, 0.15) is 0 Å². The smallest absolute Gasteiger partial charge is 0.200 e. The highest BCUT2D eigenvalue weighted by molar-refractivity contribution is 6.08. The molecule has 1 aromatic heterocycles. The van der Waals surface area contributed by atoms with E-state index in [0.717, 1.165) is 6.07 Å². The Hall–Kier alpha value is -2.87. The first-order valence-corrected chi connectivity index (χ1v) is 8.82. The molecule has 0 bridgehead atoms. The molecule has 0 saturated carbocycles. The van der Waals surface area contributed by atoms with Crippen LogP contribution >= 0.6 is 0 Å². The number of carbonyl (C=O) groups is 1. The summed E-state index contributed by atoms with van der Waals surface area (Å²) in [5, 5.41) is 0.440. The third-order valence-corrected chi connectivity index (χ3v) is 4.49. The maximum Gasteiger partial charge on any atom is 0.200 e. The summed E-state index contributed by atoms with van der Waals surface area (Å²) >= 11 is 0. The first-order chi connectivity index (χ1) is 13.7. The van der Waals surface area contributed by atoms with Crippen LogP contribution in [0.25, 0.3) is 22.2 Å². The van der Waals surface area contributed by atoms with Crippen molar-refractivity contribution >= 4 is 16.7 Å². The zero-order valence-electron chi connectivity index (χ0n) is 15.7. The fourth-order valence-electron chi connectivity index (χ4n) is 3.05. The molecular weight excluding hydrogens is 391 g/mol. The van der Waals surface area contributed by atoms with Crippen LogP contribution in [0, 0.1) is 29.1 Å². The highest BCUT2D eigenvalue weighted by Gasteiger charge is 2.28. The van der Waals surface area contributed by atoms with Gasteiger partial charge in [0.2, 0.25) is 5.82 Å². The predicted octanol–water partition coefficient (Wildman–Crippen LogP) is 5.12. The van der Waals surface area contributed by atoms with Crippen molar-refractivity contribution in [3.8, 4) is 11.3 Å². The molecule has 3 rings (SSSR count). The minimum Gasteiger partial charge on any atom is -0.309 e. The Kier molecular flexibility index (Phi) is 5.93. The highest BCUT2D eigenvalue weighted by atomic mass is 19.2. The summed E-state index contributed by atoms with van der Waals surface area (Å²) in [6, 6.07) is 7.46. The van der Waals surface area contributed by atoms with Crippen molar-refractivity contribution in [1.82, 2.24) is 9.88 Å². The number of fused-ring (bicyclic) bond motifs is 1. The molecule has 3 aromatic rings. The van der Waals surface area contributed by atoms with Crippen LogP contribution in [0.2, 0.25) is 0 Å². The number of Topliss-reactive ketones (excluding diaryl/α,β-unsaturated/α-hetero) is 1. The lowest BCUT2D eigenvalue weighted by molar-refractivity contribution is 0.0979. The average molecular weight is 408 g/mol. The Bertz CT molecular complexity index is 1070. The van der Waals surface area contributed by atoms with Gasteiger partial charge < -0.3 is 4.90 Å². The molecule has 2 aromatic carbocycles. The van der Waals surface area contributed by atoms with Crippen molar-refractivity contribution in [3.63, 3.8) is 0 Å². The van der Waals surface area contributed by atoms with Crippen LogP contribution in [0.3, 0.4) is 0 Å². The van der Waals surface area contributed by atoms with E-state index >= 15 is 0 Å². The Morgan fingerprint density at radius 3 is 2.14 bits per heavy atom. The fraction of sp³-hybridized carbons (Fsp3) is 0.238. The normalized spacial score (nSPS) is 11.4. The van der Waals surface area contributed by atoms with Gasteiger partial charge in [-0.05, 0) is 39.2 Å². The summed E-state index contributed by atoms with van der Waals surface area (Å²) in [6.07, 6.45) is 0.697. The number of carbonyl (C=O) groups excluding carboxylic acids is 1. The number of benzene rings is 2. The summed E-state index contributed by atoms with van der Waals surface area (Å²) < 4.78 is 69.2. The Morgan fingerprint density at radius 1 is 0.931 bits per heavy atom. The molecule has 1 heterocycles. The molecule has 0 aliphatic rings. The zero-order valence-corrected chi connectivity index (χ0v) is 15.7. The standard InChI is InChI=1S/C21H17F5N2O/c1-28(2)9-5-8-15(29)12-10-14(27-13-7-4-3-6-11(12)13)16-17(22)19(24)21(26)20(25)18(16)23/h3-4,6-7,10H,5,8-9H2,1-2H3. The Labute approximate surface area is 163 Å². The van der Waals surface area contributed by atoms with Gasteiger partial charge in [-0.1, -0.05) is 18.2 Å². The molecule has 0 fully saturated rings. The molecule has 0 spiro atoms. The summed E-state index contributed by atoms with van der Waals surface area (Å²) in [5.41, 5.74) is -1.32. The lowest BCUT2D eigenvalue weighted by Crippen LogP contribution is -2.14. The Balaban J connectivity index is 2.18. The summed E-state index contributed by atoms with van der Waals surface area (Å²) in [6.45, 7) is 0.652. The molecule has 0 amide bonds. The first-order valence-electron chi connectivity index (χ1n) is 8.82. The third kappa shape index (κ3) is 3.98. The van der Waals surface area contributed by atoms with Gasteiger partial charge in [-0.3, -0.25) is 4.79 Å². The van der Waals surface area contributed by atoms with Gasteiger partial charge in [0.25, 0.3) is 0 Å². The van der Waals surface area contributed by atoms with Crippen LogP contribution in [-0.4, -0.2) is 36.3 Å². The molecule has 29 heavy (non-hydrogen) atoms. The molecule has 0 atom stereocenters. The number of aromatic nitrogens is 1. The van der Waals surface area contributed by atoms with Gasteiger partial charge in [-0.15, -0.1) is 0 Å². The van der Waals surface area contributed by atoms with Crippen molar-refractivity contribution in [2.45, 2.75) is 12.8 Å². The van der Waals surface area contributed by atoms with Crippen LogP contribution in [0.4, 0.5) is 22.0 Å². The van der Waals surface area contributed by atoms with Crippen molar-refractivity contribution in [2.75, 3.05) is 20.6 Å². The van der Waals surface area contributed by atoms with Crippen LogP contribution in [0.1, 0.15) is 23.2 Å². The second kappa shape index (κ2) is 8.24. The number of nitrogens with zero attached hydrogens (tertiary/aromatic N) is 2. The van der Waals surface area contributed by atoms with Crippen molar-refractivity contribution in [3.05, 3.63) is 65.0 Å². The number of hydrogen-bond acceptors (Lipinski definition) is 3. The summed E-state index contributed by atoms with van der Waals surface area (Å²) in [4.78, 5) is 18.7. The largest absolute Gasteiger partial charge is 0.309 e. The third-order valence-electron chi connectivity index (χ3n) is 4.49. The van der Waals surface area contributed by atoms with Crippen LogP contribution in [0.5, 0.6) is 0 Å². The van der Waals surface area contributed by atoms with Gasteiger partial charge in [0, 0.05) is 17.4 Å². The SMILES string of the molecule is CN(C)CCCC(=O)c1cc(-c2c(F)c(F)c(F)c(F)c2F)nc2ccccc12. The molecule has 0 aliphatic carbocycles. The van der Waals surface area contributed by atoms with E-state index in [4.69, 9.17) is 0 Å². The molecule has 0 unspecified atom stereocenters. The monoisotopic (exact) mass is 408 g/mol. The fourth-order valence-corrected chi connectivity index (χ4v) is 3.05. The van der Waals surface area contributed by atoms with E-state index in [0.29, 0.717) is 18.4 Å². The van der Waals surface area contributed by atoms with E-state index in [1.54, 1.807) is 18.2 Å². The van der Waals surface area contributed by atoms with E-state index in [1.165, 1.54) is 6.07 Å². The van der Waals surface area contributed by atoms with E-state index < -0.39 is 40.3 Å². The number of ketones is 1. The van der Waals surface area contributed by atoms with Crippen LogP contribution in [0.15, 0.2) is 30.3 Å². The maximum atomic E-state index is 14.3. The Morgan fingerprint density at radius 2 is 1.52 bits per heavy atom. The number of hydrogen-bond donors (Lipinski definition) is 0. The minimum atomic E-state index is -2.25. The molecule has 3 nitrogen and oxygen atoms in total. The summed E-state index contributed by atoms with van der Waals surface area (Å²) in [5.74, 6) is -10.7. The van der Waals surface area contributed by atoms with Crippen LogP contribution in [-0.2, 0) is 0 Å². The zero-order chi connectivity index (χ0) is 21.3. The van der Waals surface area contributed by atoms with Crippen molar-refractivity contribution in [2.24, 2.45) is 0 Å². The predicted molar refractivity (Wildman–Crippen MR) is 99.1 cm³/mol. The first kappa shape index (κ1) is 20.9. The molecule has 0 N–H and O–H groups in total. The van der Waals surface area contributed by atoms with Gasteiger partial charge >= 0.3 is 0 Å². The molecular formula is C21H17F5N2O. The van der Waals surface area contributed by atoms with Gasteiger partial charge in [0.05, 0.1) is 16.8 Å². The topological polar surface area (TPSA) is 33.2 Å². The lowest BCUT2D eigenvalue weighted by Gasteiger charge is -2.12. The van der Waals surface area contributed by atoms with Crippen LogP contribution < -0.4 is 0 Å². The van der Waals surface area contributed by atoms with E-state index in [-0.39, 0.29) is 23.3 Å². The highest BCUT2D eigenvalue weighted by Crippen LogP contribution is 2.33. The van der Waals surface area contributed by atoms with Gasteiger partial charge in [-0.2, -0.15) is 0 Å². The molecule has 0 saturated heterocycles. The quantitative estimate of drug-likeness (QED) is 0.246. The van der Waals surface area contributed by atoms with Gasteiger partial charge in [-0.25, -0.2) is 26.9 Å². The number of halogens is 5. The van der Waals surface area contributed by atoms with Crippen molar-refractivity contribution in [1.29, 1.82) is 0 Å². The van der Waals surface area contributed by atoms with Crippen molar-refractivity contribution < 1.29 is 26.7 Å². The summed E-state index contributed by atoms with van der Waals surface area (Å²) in [7, 11) is 3.71. The molecule has 152 valence electrons. The van der Waals surface area contributed by atoms with Gasteiger partial charge in [0.15, 0.2) is 29.1 Å². The molecule has 0 radical (unpaired) electrons. The lowest BCUT2D eigenvalue weighted by atomic mass is 9.98. The number of pyridine rings is 1. The molecule has 0 aliphatic heterocycles. The van der Waals surface area contributed by atoms with E-state index in [9.17, 15) is 26.7 Å². The average Bonchev–Trinajstić information content (AvgIpc) is 2.70. The van der Waals surface area contributed by atoms with E-state index in [2.05, 4.69) is 4.98 Å². The van der Waals surface area contributed by atoms with E-state index in [1.807, 2.05) is 19.0 Å². The minimum absolute atomic E-state index is 0.119. The number of rotatable bonds is 6. The molecule has 8 heteroatoms. The second-order valence-electron chi connectivity index (χ2n) is 6.85. The maximum absolute atomic E-state index is 14.3. The second-order valence-corrected chi connectivity index (χ2v) is 6.85.